The van der Waals surface area contributed by atoms with Crippen molar-refractivity contribution in [1.82, 2.24) is 20.9 Å². The van der Waals surface area contributed by atoms with Crippen molar-refractivity contribution in [1.29, 1.82) is 0 Å². The van der Waals surface area contributed by atoms with Crippen LogP contribution in [-0.4, -0.2) is 89.5 Å². The molecular weight excluding hydrogens is 624 g/mol. The number of alkyl halides is 2. The lowest BCUT2D eigenvalue weighted by molar-refractivity contribution is -0.144. The van der Waals surface area contributed by atoms with Crippen molar-refractivity contribution >= 4 is 39.4 Å². The van der Waals surface area contributed by atoms with Crippen LogP contribution in [0.15, 0.2) is 0 Å². The highest BCUT2D eigenvalue weighted by Gasteiger charge is 2.58. The molecule has 4 rings (SSSR count). The summed E-state index contributed by atoms with van der Waals surface area (Å²) in [5, 5.41) is 8.03. The summed E-state index contributed by atoms with van der Waals surface area (Å²) >= 11 is 0. The monoisotopic (exact) mass is 673 g/mol. The summed E-state index contributed by atoms with van der Waals surface area (Å²) in [7, 11) is -3.83. The second kappa shape index (κ2) is 12.3. The minimum Gasteiger partial charge on any atom is -0.363 e. The van der Waals surface area contributed by atoms with Gasteiger partial charge < -0.3 is 26.6 Å². The van der Waals surface area contributed by atoms with Gasteiger partial charge in [-0.25, -0.2) is 22.0 Å². The zero-order valence-corrected chi connectivity index (χ0v) is 28.4. The van der Waals surface area contributed by atoms with Crippen LogP contribution in [0, 0.1) is 23.2 Å². The van der Waals surface area contributed by atoms with Crippen molar-refractivity contribution in [3.8, 4) is 0 Å². The largest absolute Gasteiger partial charge is 0.363 e. The fraction of sp³-hybridized carbons (Fsp3) is 0.839. The summed E-state index contributed by atoms with van der Waals surface area (Å²) in [5.41, 5.74) is 2.89. The van der Waals surface area contributed by atoms with Gasteiger partial charge >= 0.3 is 6.03 Å². The highest BCUT2D eigenvalue weighted by molar-refractivity contribution is 7.92. The van der Waals surface area contributed by atoms with Crippen LogP contribution < -0.4 is 21.7 Å². The molecule has 12 nitrogen and oxygen atoms in total. The summed E-state index contributed by atoms with van der Waals surface area (Å²) in [6.07, 6.45) is 1.04. The van der Waals surface area contributed by atoms with E-state index in [0.717, 1.165) is 12.8 Å². The highest BCUT2D eigenvalue weighted by atomic mass is 32.2. The van der Waals surface area contributed by atoms with E-state index >= 15 is 0 Å². The summed E-state index contributed by atoms with van der Waals surface area (Å²) < 4.78 is 53.5. The van der Waals surface area contributed by atoms with E-state index in [1.54, 1.807) is 20.8 Å². The Bertz CT molecular complexity index is 1360. The van der Waals surface area contributed by atoms with Gasteiger partial charge in [0, 0.05) is 19.4 Å². The molecule has 0 aromatic carbocycles. The molecule has 0 spiro atoms. The number of halogens is 2. The molecule has 1 heterocycles. The van der Waals surface area contributed by atoms with Crippen LogP contribution in [0.2, 0.25) is 0 Å². The maximum atomic E-state index is 14.2. The SMILES string of the molecule is CC(C)(C)[C@H](NC(=O)NC1(CS(=O)(=O)C(C)(C)C)CCC(F)(F)CC1)C(=O)N1C[C@@H]2C[C@@H]2[C@H]1C(=O)NC(CC1CC1)C(=O)C(N)=O. The molecule has 15 heteroatoms. The Morgan fingerprint density at radius 1 is 0.957 bits per heavy atom. The van der Waals surface area contributed by atoms with Crippen molar-refractivity contribution in [2.75, 3.05) is 12.3 Å². The van der Waals surface area contributed by atoms with E-state index in [1.807, 2.05) is 0 Å². The van der Waals surface area contributed by atoms with E-state index in [1.165, 1.54) is 25.7 Å². The molecule has 0 bridgehead atoms. The molecule has 4 fully saturated rings. The van der Waals surface area contributed by atoms with E-state index in [9.17, 15) is 41.2 Å². The number of hydrogen-bond acceptors (Lipinski definition) is 7. The van der Waals surface area contributed by atoms with Gasteiger partial charge in [0.05, 0.1) is 22.1 Å². The van der Waals surface area contributed by atoms with Gasteiger partial charge in [0.15, 0.2) is 9.84 Å². The van der Waals surface area contributed by atoms with Crippen molar-refractivity contribution in [2.45, 2.75) is 127 Å². The predicted molar refractivity (Wildman–Crippen MR) is 165 cm³/mol. The number of amides is 5. The van der Waals surface area contributed by atoms with Gasteiger partial charge in [-0.3, -0.25) is 19.2 Å². The number of urea groups is 1. The molecule has 260 valence electrons. The van der Waals surface area contributed by atoms with E-state index in [0.29, 0.717) is 6.42 Å². The lowest BCUT2D eigenvalue weighted by atomic mass is 9.81. The number of likely N-dealkylation sites (tertiary alicyclic amines) is 1. The average molecular weight is 674 g/mol. The van der Waals surface area contributed by atoms with Gasteiger partial charge in [-0.05, 0) is 69.6 Å². The number of ketones is 1. The van der Waals surface area contributed by atoms with Crippen LogP contribution in [0.3, 0.4) is 0 Å². The third-order valence-corrected chi connectivity index (χ3v) is 12.7. The first-order chi connectivity index (χ1) is 21.0. The molecule has 5 atom stereocenters. The van der Waals surface area contributed by atoms with Gasteiger partial charge in [0.25, 0.3) is 5.91 Å². The van der Waals surface area contributed by atoms with E-state index < -0.39 is 97.7 Å². The molecule has 1 aliphatic heterocycles. The Morgan fingerprint density at radius 2 is 1.54 bits per heavy atom. The van der Waals surface area contributed by atoms with E-state index in [4.69, 9.17) is 5.73 Å². The molecular formula is C31H49F2N5O7S. The van der Waals surface area contributed by atoms with Gasteiger partial charge in [-0.15, -0.1) is 0 Å². The van der Waals surface area contributed by atoms with Crippen LogP contribution in [-0.2, 0) is 29.0 Å². The van der Waals surface area contributed by atoms with Gasteiger partial charge in [-0.1, -0.05) is 33.6 Å². The zero-order chi connectivity index (χ0) is 34.6. The standard InChI is InChI=1S/C31H49F2N5O7S/c1-28(2,3)23(36-27(43)37-30(9-11-31(32,33)12-10-30)16-46(44,45)29(4,5)6)26(42)38-15-18-14-19(18)21(38)25(41)35-20(13-17-7-8-17)22(39)24(34)40/h17-21,23H,7-16H2,1-6H3,(H2,34,40)(H,35,41)(H2,36,37,43)/t18-,19-,20?,21-,23+/m0/s1. The molecule has 3 aliphatic carbocycles. The fourth-order valence-electron chi connectivity index (χ4n) is 6.58. The number of carbonyl (C=O) groups excluding carboxylic acids is 5. The first-order valence-electron chi connectivity index (χ1n) is 16.1. The third kappa shape index (κ3) is 8.17. The number of sulfone groups is 1. The van der Waals surface area contributed by atoms with Gasteiger partial charge in [0.2, 0.25) is 23.5 Å². The quantitative estimate of drug-likeness (QED) is 0.242. The second-order valence-electron chi connectivity index (χ2n) is 16.0. The number of piperidine rings is 1. The van der Waals surface area contributed by atoms with Crippen molar-refractivity contribution in [3.63, 3.8) is 0 Å². The molecule has 0 radical (unpaired) electrons. The molecule has 46 heavy (non-hydrogen) atoms. The second-order valence-corrected chi connectivity index (χ2v) is 18.7. The van der Waals surface area contributed by atoms with Crippen molar-refractivity contribution in [3.05, 3.63) is 0 Å². The summed E-state index contributed by atoms with van der Waals surface area (Å²) in [6.45, 7) is 9.95. The molecule has 0 aromatic rings. The molecule has 5 amide bonds. The van der Waals surface area contributed by atoms with Gasteiger partial charge in [-0.2, -0.15) is 0 Å². The Kier molecular flexibility index (Phi) is 9.64. The number of nitrogens with zero attached hydrogens (tertiary/aromatic N) is 1. The number of carbonyl (C=O) groups is 5. The predicted octanol–water partition coefficient (Wildman–Crippen LogP) is 2.05. The maximum absolute atomic E-state index is 14.2. The summed E-state index contributed by atoms with van der Waals surface area (Å²) in [6, 6.07) is -4.04. The Hall–Kier alpha value is -2.84. The van der Waals surface area contributed by atoms with Gasteiger partial charge in [0.1, 0.15) is 12.1 Å². The van der Waals surface area contributed by atoms with E-state index in [2.05, 4.69) is 16.0 Å². The average Bonchev–Trinajstić information content (AvgIpc) is 3.84. The lowest BCUT2D eigenvalue weighted by Crippen LogP contribution is -2.64. The Morgan fingerprint density at radius 3 is 2.04 bits per heavy atom. The number of nitrogens with two attached hydrogens (primary N) is 1. The van der Waals surface area contributed by atoms with Crippen molar-refractivity contribution < 1.29 is 41.2 Å². The smallest absolute Gasteiger partial charge is 0.315 e. The highest BCUT2D eigenvalue weighted by Crippen LogP contribution is 2.50. The van der Waals surface area contributed by atoms with Crippen LogP contribution in [0.5, 0.6) is 0 Å². The first-order valence-corrected chi connectivity index (χ1v) is 17.7. The van der Waals surface area contributed by atoms with Crippen LogP contribution in [0.4, 0.5) is 13.6 Å². The number of nitrogens with one attached hydrogen (secondary N) is 3. The topological polar surface area (TPSA) is 185 Å². The minimum absolute atomic E-state index is 0.0673. The number of fused-ring (bicyclic) bond motifs is 1. The zero-order valence-electron chi connectivity index (χ0n) is 27.6. The van der Waals surface area contributed by atoms with Crippen LogP contribution in [0.1, 0.15) is 92.9 Å². The number of Topliss-reactive ketones (excluding diaryl/α,β-unsaturated/α-hetero) is 1. The van der Waals surface area contributed by atoms with E-state index in [-0.39, 0.29) is 43.6 Å². The molecule has 3 saturated carbocycles. The summed E-state index contributed by atoms with van der Waals surface area (Å²) in [5.74, 6) is -6.53. The van der Waals surface area contributed by atoms with Crippen LogP contribution in [0.25, 0.3) is 0 Å². The minimum atomic E-state index is -3.83. The normalized spacial score (nSPS) is 26.7. The van der Waals surface area contributed by atoms with Crippen molar-refractivity contribution in [2.24, 2.45) is 28.9 Å². The molecule has 0 aromatic heterocycles. The Balaban J connectivity index is 1.52. The number of rotatable bonds is 11. The molecule has 5 N–H and O–H groups in total. The first kappa shape index (κ1) is 36.0. The fourth-order valence-corrected chi connectivity index (χ4v) is 8.10. The third-order valence-electron chi connectivity index (χ3n) is 9.95. The molecule has 1 saturated heterocycles. The summed E-state index contributed by atoms with van der Waals surface area (Å²) in [4.78, 5) is 66.8. The maximum Gasteiger partial charge on any atom is 0.315 e. The molecule has 1 unspecified atom stereocenters. The number of hydrogen-bond donors (Lipinski definition) is 4. The molecule has 4 aliphatic rings. The lowest BCUT2D eigenvalue weighted by Gasteiger charge is -2.42. The van der Waals surface area contributed by atoms with Crippen LogP contribution >= 0.6 is 0 Å². The number of primary amides is 1. The Labute approximate surface area is 269 Å².